The highest BCUT2D eigenvalue weighted by molar-refractivity contribution is 9.10. The third-order valence-electron chi connectivity index (χ3n) is 3.47. The monoisotopic (exact) mass is 440 g/mol. The van der Waals surface area contributed by atoms with E-state index in [2.05, 4.69) is 15.9 Å². The third-order valence-corrected chi connectivity index (χ3v) is 3.96. The van der Waals surface area contributed by atoms with Gasteiger partial charge in [-0.2, -0.15) is 0 Å². The molecule has 0 aromatic heterocycles. The zero-order chi connectivity index (χ0) is 20.6. The molecule has 1 rings (SSSR count). The first-order valence-electron chi connectivity index (χ1n) is 8.69. The maximum Gasteiger partial charge on any atom is 0.326 e. The fourth-order valence-electron chi connectivity index (χ4n) is 2.22. The van der Waals surface area contributed by atoms with Crippen LogP contribution in [0, 0.1) is 0 Å². The fraction of sp³-hybridized carbons (Fsp3) is 0.500. The first-order chi connectivity index (χ1) is 12.5. The lowest BCUT2D eigenvalue weighted by Crippen LogP contribution is -2.41. The van der Waals surface area contributed by atoms with Crippen LogP contribution in [0.25, 0.3) is 6.08 Å². The van der Waals surface area contributed by atoms with E-state index in [1.807, 2.05) is 37.2 Å². The number of methoxy groups -OCH3 is 1. The molecule has 0 fully saturated rings. The Morgan fingerprint density at radius 2 is 1.85 bits per heavy atom. The molecule has 0 heterocycles. The number of hydrogen-bond acceptors (Lipinski definition) is 5. The predicted molar refractivity (Wildman–Crippen MR) is 111 cm³/mol. The molecule has 7 heteroatoms. The summed E-state index contributed by atoms with van der Waals surface area (Å²) in [7, 11) is 5.41. The summed E-state index contributed by atoms with van der Waals surface area (Å²) in [5.41, 5.74) is 0.178. The van der Waals surface area contributed by atoms with Crippen LogP contribution >= 0.6 is 15.9 Å². The molecule has 1 aromatic carbocycles. The number of halogens is 1. The second kappa shape index (κ2) is 10.5. The van der Waals surface area contributed by atoms with Gasteiger partial charge in [-0.05, 0) is 59.1 Å². The molecule has 0 aliphatic carbocycles. The van der Waals surface area contributed by atoms with Crippen LogP contribution in [0.2, 0.25) is 0 Å². The SMILES string of the molecule is COc1ccc(Br)cc1/C=C/C(=O)N(CCN(C)C)CC(=O)OC(C)(C)C. The van der Waals surface area contributed by atoms with Crippen LogP contribution in [0.1, 0.15) is 26.3 Å². The van der Waals surface area contributed by atoms with Gasteiger partial charge in [0.1, 0.15) is 17.9 Å². The van der Waals surface area contributed by atoms with Gasteiger partial charge in [0.25, 0.3) is 0 Å². The lowest BCUT2D eigenvalue weighted by molar-refractivity contribution is -0.158. The lowest BCUT2D eigenvalue weighted by atomic mass is 10.2. The molecular weight excluding hydrogens is 412 g/mol. The summed E-state index contributed by atoms with van der Waals surface area (Å²) >= 11 is 3.41. The van der Waals surface area contributed by atoms with Gasteiger partial charge in [-0.15, -0.1) is 0 Å². The molecule has 0 saturated carbocycles. The number of amides is 1. The highest BCUT2D eigenvalue weighted by Gasteiger charge is 2.21. The minimum atomic E-state index is -0.590. The maximum absolute atomic E-state index is 12.7. The standard InChI is InChI=1S/C20H29BrN2O4/c1-20(2,3)27-19(25)14-23(12-11-22(4)5)18(24)10-7-15-13-16(21)8-9-17(15)26-6/h7-10,13H,11-12,14H2,1-6H3/b10-7+. The van der Waals surface area contributed by atoms with Gasteiger partial charge in [-0.3, -0.25) is 9.59 Å². The summed E-state index contributed by atoms with van der Waals surface area (Å²) in [6.07, 6.45) is 3.13. The zero-order valence-electron chi connectivity index (χ0n) is 16.9. The Labute approximate surface area is 170 Å². The lowest BCUT2D eigenvalue weighted by Gasteiger charge is -2.25. The van der Waals surface area contributed by atoms with Crippen molar-refractivity contribution >= 4 is 33.9 Å². The molecule has 1 aromatic rings. The molecule has 0 aliphatic rings. The van der Waals surface area contributed by atoms with Crippen molar-refractivity contribution in [3.05, 3.63) is 34.3 Å². The number of carbonyl (C=O) groups excluding carboxylic acids is 2. The quantitative estimate of drug-likeness (QED) is 0.458. The van der Waals surface area contributed by atoms with E-state index in [9.17, 15) is 9.59 Å². The molecule has 27 heavy (non-hydrogen) atoms. The van der Waals surface area contributed by atoms with Crippen LogP contribution in [-0.4, -0.2) is 68.1 Å². The van der Waals surface area contributed by atoms with Gasteiger partial charge in [0.2, 0.25) is 5.91 Å². The van der Waals surface area contributed by atoms with E-state index >= 15 is 0 Å². The van der Waals surface area contributed by atoms with E-state index in [0.29, 0.717) is 18.8 Å². The molecule has 1 amide bonds. The third kappa shape index (κ3) is 9.06. The van der Waals surface area contributed by atoms with Crippen LogP contribution in [0.15, 0.2) is 28.7 Å². The predicted octanol–water partition coefficient (Wildman–Crippen LogP) is 3.20. The first-order valence-corrected chi connectivity index (χ1v) is 9.48. The highest BCUT2D eigenvalue weighted by Crippen LogP contribution is 2.24. The molecule has 0 aliphatic heterocycles. The maximum atomic E-state index is 12.7. The molecule has 6 nitrogen and oxygen atoms in total. The van der Waals surface area contributed by atoms with E-state index in [1.165, 1.54) is 11.0 Å². The summed E-state index contributed by atoms with van der Waals surface area (Å²) in [6, 6.07) is 5.54. The van der Waals surface area contributed by atoms with E-state index < -0.39 is 11.6 Å². The Balaban J connectivity index is 2.92. The highest BCUT2D eigenvalue weighted by atomic mass is 79.9. The minimum Gasteiger partial charge on any atom is -0.496 e. The van der Waals surface area contributed by atoms with Crippen molar-refractivity contribution in [1.82, 2.24) is 9.80 Å². The molecule has 0 unspecified atom stereocenters. The van der Waals surface area contributed by atoms with Crippen LogP contribution in [0.4, 0.5) is 0 Å². The van der Waals surface area contributed by atoms with Gasteiger partial charge < -0.3 is 19.3 Å². The Bertz CT molecular complexity index is 681. The molecular formula is C20H29BrN2O4. The van der Waals surface area contributed by atoms with E-state index in [0.717, 1.165) is 10.0 Å². The topological polar surface area (TPSA) is 59.1 Å². The van der Waals surface area contributed by atoms with Crippen molar-refractivity contribution in [3.63, 3.8) is 0 Å². The summed E-state index contributed by atoms with van der Waals surface area (Å²) < 4.78 is 11.5. The molecule has 0 saturated heterocycles. The van der Waals surface area contributed by atoms with Gasteiger partial charge in [0, 0.05) is 29.2 Å². The average molecular weight is 441 g/mol. The van der Waals surface area contributed by atoms with Gasteiger partial charge >= 0.3 is 5.97 Å². The molecule has 0 bridgehead atoms. The van der Waals surface area contributed by atoms with Crippen LogP contribution in [0.3, 0.4) is 0 Å². The number of nitrogens with zero attached hydrogens (tertiary/aromatic N) is 2. The van der Waals surface area contributed by atoms with Crippen molar-refractivity contribution in [3.8, 4) is 5.75 Å². The van der Waals surface area contributed by atoms with Crippen molar-refractivity contribution in [2.24, 2.45) is 0 Å². The first kappa shape index (κ1) is 23.2. The second-order valence-corrected chi connectivity index (χ2v) is 8.28. The van der Waals surface area contributed by atoms with E-state index in [1.54, 1.807) is 34.0 Å². The molecule has 150 valence electrons. The van der Waals surface area contributed by atoms with Crippen molar-refractivity contribution in [1.29, 1.82) is 0 Å². The smallest absolute Gasteiger partial charge is 0.326 e. The summed E-state index contributed by atoms with van der Waals surface area (Å²) in [5, 5.41) is 0. The van der Waals surface area contributed by atoms with Crippen LogP contribution < -0.4 is 4.74 Å². The van der Waals surface area contributed by atoms with Gasteiger partial charge in [0.15, 0.2) is 0 Å². The largest absolute Gasteiger partial charge is 0.496 e. The Morgan fingerprint density at radius 1 is 1.19 bits per heavy atom. The van der Waals surface area contributed by atoms with Crippen molar-refractivity contribution in [2.75, 3.05) is 40.8 Å². The number of ether oxygens (including phenoxy) is 2. The Kier molecular flexibility index (Phi) is 8.99. The summed E-state index contributed by atoms with van der Waals surface area (Å²) in [4.78, 5) is 28.3. The number of benzene rings is 1. The van der Waals surface area contributed by atoms with Gasteiger partial charge in [-0.25, -0.2) is 0 Å². The number of esters is 1. The van der Waals surface area contributed by atoms with E-state index in [-0.39, 0.29) is 12.5 Å². The van der Waals surface area contributed by atoms with Gasteiger partial charge in [-0.1, -0.05) is 15.9 Å². The summed E-state index contributed by atoms with van der Waals surface area (Å²) in [5.74, 6) is -0.0259. The molecule has 0 radical (unpaired) electrons. The summed E-state index contributed by atoms with van der Waals surface area (Å²) in [6.45, 7) is 6.38. The minimum absolute atomic E-state index is 0.0934. The van der Waals surface area contributed by atoms with E-state index in [4.69, 9.17) is 9.47 Å². The average Bonchev–Trinajstić information content (AvgIpc) is 2.54. The van der Waals surface area contributed by atoms with Gasteiger partial charge in [0.05, 0.1) is 7.11 Å². The number of likely N-dealkylation sites (N-methyl/N-ethyl adjacent to an activating group) is 1. The zero-order valence-corrected chi connectivity index (χ0v) is 18.5. The molecule has 0 atom stereocenters. The Hall–Kier alpha value is -1.86. The molecule has 0 N–H and O–H groups in total. The molecule has 0 spiro atoms. The normalized spacial score (nSPS) is 11.7. The number of hydrogen-bond donors (Lipinski definition) is 0. The van der Waals surface area contributed by atoms with Crippen LogP contribution in [-0.2, 0) is 14.3 Å². The second-order valence-electron chi connectivity index (χ2n) is 7.37. The Morgan fingerprint density at radius 3 is 2.41 bits per heavy atom. The van der Waals surface area contributed by atoms with Crippen molar-refractivity contribution in [2.45, 2.75) is 26.4 Å². The van der Waals surface area contributed by atoms with Crippen LogP contribution in [0.5, 0.6) is 5.75 Å². The number of carbonyl (C=O) groups is 2. The fourth-order valence-corrected chi connectivity index (χ4v) is 2.60. The van der Waals surface area contributed by atoms with Crippen molar-refractivity contribution < 1.29 is 19.1 Å². The number of rotatable bonds is 8.